The maximum Gasteiger partial charge on any atom is 0.123 e. The first-order valence-corrected chi connectivity index (χ1v) is 15.2. The lowest BCUT2D eigenvalue weighted by molar-refractivity contribution is 0.422. The molecule has 0 heterocycles. The SMILES string of the molecule is CC(C)(C)c1cc(SCN(c2ccccc2)c2ccc3cc(Nc4ccccc4)ccc3c2)cc(C(C)(C)C)c1O. The van der Waals surface area contributed by atoms with Gasteiger partial charge in [0.2, 0.25) is 0 Å². The highest BCUT2D eigenvalue weighted by atomic mass is 32.2. The molecule has 210 valence electrons. The zero-order valence-electron chi connectivity index (χ0n) is 24.9. The molecule has 0 fully saturated rings. The van der Waals surface area contributed by atoms with Crippen LogP contribution in [0.5, 0.6) is 5.75 Å². The van der Waals surface area contributed by atoms with Crippen molar-refractivity contribution in [1.82, 2.24) is 0 Å². The van der Waals surface area contributed by atoms with Crippen LogP contribution in [0.3, 0.4) is 0 Å². The van der Waals surface area contributed by atoms with Gasteiger partial charge in [-0.2, -0.15) is 0 Å². The lowest BCUT2D eigenvalue weighted by atomic mass is 9.79. The van der Waals surface area contributed by atoms with Crippen LogP contribution in [0.15, 0.2) is 114 Å². The lowest BCUT2D eigenvalue weighted by Gasteiger charge is -2.29. The Balaban J connectivity index is 1.47. The van der Waals surface area contributed by atoms with Gasteiger partial charge in [0.05, 0.1) is 5.88 Å². The molecular weight excluding hydrogens is 520 g/mol. The van der Waals surface area contributed by atoms with Crippen LogP contribution in [0.1, 0.15) is 52.7 Å². The minimum Gasteiger partial charge on any atom is -0.507 e. The number of nitrogens with zero attached hydrogens (tertiary/aromatic N) is 1. The maximum atomic E-state index is 11.2. The summed E-state index contributed by atoms with van der Waals surface area (Å²) in [6.45, 7) is 13.0. The Kier molecular flexibility index (Phi) is 8.06. The van der Waals surface area contributed by atoms with E-state index in [0.717, 1.165) is 44.6 Å². The Morgan fingerprint density at radius 3 is 1.78 bits per heavy atom. The fourth-order valence-corrected chi connectivity index (χ4v) is 6.03. The van der Waals surface area contributed by atoms with Crippen molar-refractivity contribution in [1.29, 1.82) is 0 Å². The van der Waals surface area contributed by atoms with Gasteiger partial charge in [0.15, 0.2) is 0 Å². The van der Waals surface area contributed by atoms with Crippen molar-refractivity contribution in [2.24, 2.45) is 0 Å². The van der Waals surface area contributed by atoms with E-state index in [1.54, 1.807) is 11.8 Å². The first-order chi connectivity index (χ1) is 19.5. The maximum absolute atomic E-state index is 11.2. The van der Waals surface area contributed by atoms with E-state index in [2.05, 4.69) is 143 Å². The second-order valence-corrected chi connectivity index (χ2v) is 13.7. The quantitative estimate of drug-likeness (QED) is 0.153. The number of rotatable bonds is 7. The van der Waals surface area contributed by atoms with Crippen molar-refractivity contribution < 1.29 is 5.11 Å². The molecule has 0 atom stereocenters. The Morgan fingerprint density at radius 2 is 1.17 bits per heavy atom. The fourth-order valence-electron chi connectivity index (χ4n) is 5.05. The lowest BCUT2D eigenvalue weighted by Crippen LogP contribution is -2.18. The summed E-state index contributed by atoms with van der Waals surface area (Å²) >= 11 is 1.80. The molecule has 0 radical (unpaired) electrons. The van der Waals surface area contributed by atoms with Gasteiger partial charge in [-0.3, -0.25) is 0 Å². The van der Waals surface area contributed by atoms with Crippen molar-refractivity contribution in [3.63, 3.8) is 0 Å². The summed E-state index contributed by atoms with van der Waals surface area (Å²) in [6, 6.07) is 38.4. The number of aromatic hydroxyl groups is 1. The average Bonchev–Trinajstić information content (AvgIpc) is 2.93. The van der Waals surface area contributed by atoms with E-state index >= 15 is 0 Å². The van der Waals surface area contributed by atoms with Gasteiger partial charge >= 0.3 is 0 Å². The zero-order valence-corrected chi connectivity index (χ0v) is 25.7. The van der Waals surface area contributed by atoms with Gasteiger partial charge in [0.1, 0.15) is 5.75 Å². The van der Waals surface area contributed by atoms with Crippen molar-refractivity contribution >= 4 is 45.3 Å². The number of hydrogen-bond donors (Lipinski definition) is 2. The van der Waals surface area contributed by atoms with Crippen molar-refractivity contribution in [2.75, 3.05) is 16.1 Å². The van der Waals surface area contributed by atoms with Crippen LogP contribution in [0, 0.1) is 0 Å². The molecule has 5 aromatic carbocycles. The highest BCUT2D eigenvalue weighted by molar-refractivity contribution is 7.99. The molecule has 41 heavy (non-hydrogen) atoms. The molecule has 3 nitrogen and oxygen atoms in total. The summed E-state index contributed by atoms with van der Waals surface area (Å²) in [5, 5.41) is 17.1. The Morgan fingerprint density at radius 1 is 0.610 bits per heavy atom. The van der Waals surface area contributed by atoms with Crippen molar-refractivity contribution in [2.45, 2.75) is 57.3 Å². The highest BCUT2D eigenvalue weighted by Crippen LogP contribution is 2.42. The van der Waals surface area contributed by atoms with Crippen LogP contribution in [-0.4, -0.2) is 11.0 Å². The number of phenolic OH excluding ortho intramolecular Hbond substituents is 1. The third-order valence-corrected chi connectivity index (χ3v) is 8.28. The number of phenols is 1. The van der Waals surface area contributed by atoms with E-state index in [4.69, 9.17) is 0 Å². The van der Waals surface area contributed by atoms with Gasteiger partial charge < -0.3 is 15.3 Å². The smallest absolute Gasteiger partial charge is 0.123 e. The van der Waals surface area contributed by atoms with Crippen LogP contribution in [0.25, 0.3) is 10.8 Å². The molecule has 0 aliphatic rings. The van der Waals surface area contributed by atoms with E-state index in [1.165, 1.54) is 10.8 Å². The van der Waals surface area contributed by atoms with E-state index < -0.39 is 0 Å². The van der Waals surface area contributed by atoms with E-state index in [1.807, 2.05) is 18.2 Å². The number of hydrogen-bond acceptors (Lipinski definition) is 4. The van der Waals surface area contributed by atoms with Crippen molar-refractivity contribution in [3.8, 4) is 5.75 Å². The Labute approximate surface area is 249 Å². The monoisotopic (exact) mass is 560 g/mol. The molecule has 0 saturated carbocycles. The summed E-state index contributed by atoms with van der Waals surface area (Å²) in [5.74, 6) is 1.16. The summed E-state index contributed by atoms with van der Waals surface area (Å²) in [4.78, 5) is 3.52. The number of para-hydroxylation sites is 2. The summed E-state index contributed by atoms with van der Waals surface area (Å²) in [5.41, 5.74) is 6.10. The molecule has 0 amide bonds. The van der Waals surface area contributed by atoms with E-state index in [-0.39, 0.29) is 10.8 Å². The molecular formula is C37H40N2OS. The molecule has 5 rings (SSSR count). The number of anilines is 4. The minimum absolute atomic E-state index is 0.160. The van der Waals surface area contributed by atoms with Gasteiger partial charge in [0, 0.05) is 38.8 Å². The van der Waals surface area contributed by atoms with Crippen LogP contribution in [0.4, 0.5) is 22.7 Å². The van der Waals surface area contributed by atoms with Gasteiger partial charge in [-0.05, 0) is 82.3 Å². The fraction of sp³-hybridized carbons (Fsp3) is 0.243. The second kappa shape index (κ2) is 11.5. The van der Waals surface area contributed by atoms with Crippen LogP contribution in [0.2, 0.25) is 0 Å². The van der Waals surface area contributed by atoms with Crippen LogP contribution < -0.4 is 10.2 Å². The summed E-state index contributed by atoms with van der Waals surface area (Å²) in [6.07, 6.45) is 0. The predicted molar refractivity (Wildman–Crippen MR) is 178 cm³/mol. The molecule has 0 aliphatic carbocycles. The molecule has 2 N–H and O–H groups in total. The first-order valence-electron chi connectivity index (χ1n) is 14.2. The molecule has 0 unspecified atom stereocenters. The number of nitrogens with one attached hydrogen (secondary N) is 1. The highest BCUT2D eigenvalue weighted by Gasteiger charge is 2.27. The van der Waals surface area contributed by atoms with E-state index in [9.17, 15) is 5.11 Å². The number of thioether (sulfide) groups is 1. The average molecular weight is 561 g/mol. The Bertz CT molecular complexity index is 1600. The molecule has 0 aromatic heterocycles. The van der Waals surface area contributed by atoms with Crippen molar-refractivity contribution in [3.05, 3.63) is 120 Å². The van der Waals surface area contributed by atoms with Gasteiger partial charge in [-0.1, -0.05) is 90.1 Å². The van der Waals surface area contributed by atoms with Crippen LogP contribution >= 0.6 is 11.8 Å². The second-order valence-electron chi connectivity index (χ2n) is 12.6. The zero-order chi connectivity index (χ0) is 29.2. The van der Waals surface area contributed by atoms with Gasteiger partial charge in [-0.15, -0.1) is 11.8 Å². The molecule has 4 heteroatoms. The topological polar surface area (TPSA) is 35.5 Å². The molecule has 0 saturated heterocycles. The summed E-state index contributed by atoms with van der Waals surface area (Å²) < 4.78 is 0. The molecule has 0 aliphatic heterocycles. The number of benzene rings is 5. The first kappa shape index (κ1) is 28.6. The van der Waals surface area contributed by atoms with Crippen LogP contribution in [-0.2, 0) is 10.8 Å². The standard InChI is InChI=1S/C37H40N2OS/c1-36(2,3)33-23-32(24-34(35(33)40)37(4,5)6)41-25-39(30-15-11-8-12-16-30)31-20-18-26-21-29(19-17-27(26)22-31)38-28-13-9-7-10-14-28/h7-24,38,40H,25H2,1-6H3. The largest absolute Gasteiger partial charge is 0.507 e. The van der Waals surface area contributed by atoms with Gasteiger partial charge in [-0.25, -0.2) is 0 Å². The normalized spacial score (nSPS) is 12.0. The van der Waals surface area contributed by atoms with Gasteiger partial charge in [0.25, 0.3) is 0 Å². The predicted octanol–water partition coefficient (Wildman–Crippen LogP) is 10.8. The van der Waals surface area contributed by atoms with E-state index in [0.29, 0.717) is 5.75 Å². The minimum atomic E-state index is -0.160. The third-order valence-electron chi connectivity index (χ3n) is 7.33. The molecule has 0 bridgehead atoms. The Hall–Kier alpha value is -3.89. The number of fused-ring (bicyclic) bond motifs is 1. The summed E-state index contributed by atoms with van der Waals surface area (Å²) in [7, 11) is 0. The molecule has 0 spiro atoms. The third kappa shape index (κ3) is 6.71. The molecule has 5 aromatic rings.